The molecule has 1 aliphatic rings. The van der Waals surface area contributed by atoms with Crippen molar-refractivity contribution in [1.82, 2.24) is 10.6 Å². The zero-order valence-electron chi connectivity index (χ0n) is 10.4. The Morgan fingerprint density at radius 2 is 2.11 bits per heavy atom. The summed E-state index contributed by atoms with van der Waals surface area (Å²) in [6.07, 6.45) is -0.661. The van der Waals surface area contributed by atoms with E-state index in [4.69, 9.17) is 14.9 Å². The maximum Gasteiger partial charge on any atom is 0.326 e. The Hall–Kier alpha value is -1.67. The maximum atomic E-state index is 11.6. The highest BCUT2D eigenvalue weighted by atomic mass is 16.5. The molecular formula is C11H18N2O6. The number of amides is 1. The van der Waals surface area contributed by atoms with E-state index in [1.54, 1.807) is 0 Å². The van der Waals surface area contributed by atoms with Crippen LogP contribution >= 0.6 is 0 Å². The van der Waals surface area contributed by atoms with Crippen molar-refractivity contribution in [2.75, 3.05) is 19.7 Å². The van der Waals surface area contributed by atoms with Crippen molar-refractivity contribution in [3.8, 4) is 0 Å². The van der Waals surface area contributed by atoms with Crippen molar-refractivity contribution < 1.29 is 29.3 Å². The molecule has 19 heavy (non-hydrogen) atoms. The molecule has 108 valence electrons. The SMILES string of the molecule is O=C(O)CCC(NC(=O)CC1CNCCO1)C(=O)O. The van der Waals surface area contributed by atoms with E-state index in [1.807, 2.05) is 0 Å². The maximum absolute atomic E-state index is 11.6. The fourth-order valence-corrected chi connectivity index (χ4v) is 1.74. The molecule has 0 spiro atoms. The molecular weight excluding hydrogens is 256 g/mol. The van der Waals surface area contributed by atoms with Gasteiger partial charge in [-0.05, 0) is 6.42 Å². The van der Waals surface area contributed by atoms with Crippen LogP contribution < -0.4 is 10.6 Å². The van der Waals surface area contributed by atoms with Crippen molar-refractivity contribution in [3.63, 3.8) is 0 Å². The lowest BCUT2D eigenvalue weighted by atomic mass is 10.1. The Morgan fingerprint density at radius 1 is 1.37 bits per heavy atom. The Kier molecular flexibility index (Phi) is 6.23. The number of rotatable bonds is 7. The van der Waals surface area contributed by atoms with E-state index in [0.29, 0.717) is 13.2 Å². The predicted molar refractivity (Wildman–Crippen MR) is 63.7 cm³/mol. The average molecular weight is 274 g/mol. The van der Waals surface area contributed by atoms with Gasteiger partial charge >= 0.3 is 11.9 Å². The number of ether oxygens (including phenoxy) is 1. The first kappa shape index (κ1) is 15.4. The van der Waals surface area contributed by atoms with Crippen LogP contribution in [0.1, 0.15) is 19.3 Å². The van der Waals surface area contributed by atoms with E-state index in [9.17, 15) is 14.4 Å². The molecule has 0 aromatic heterocycles. The van der Waals surface area contributed by atoms with E-state index in [-0.39, 0.29) is 25.4 Å². The molecule has 2 atom stereocenters. The van der Waals surface area contributed by atoms with Gasteiger partial charge in [-0.15, -0.1) is 0 Å². The van der Waals surface area contributed by atoms with Crippen molar-refractivity contribution in [2.24, 2.45) is 0 Å². The molecule has 0 radical (unpaired) electrons. The molecule has 1 aliphatic heterocycles. The Morgan fingerprint density at radius 3 is 2.63 bits per heavy atom. The van der Waals surface area contributed by atoms with Gasteiger partial charge in [0, 0.05) is 19.5 Å². The van der Waals surface area contributed by atoms with Gasteiger partial charge in [0.15, 0.2) is 0 Å². The minimum absolute atomic E-state index is 0.0594. The van der Waals surface area contributed by atoms with E-state index >= 15 is 0 Å². The van der Waals surface area contributed by atoms with Gasteiger partial charge in [-0.3, -0.25) is 9.59 Å². The molecule has 0 bridgehead atoms. The number of aliphatic carboxylic acids is 2. The minimum atomic E-state index is -1.24. The average Bonchev–Trinajstić information content (AvgIpc) is 2.35. The first-order valence-electron chi connectivity index (χ1n) is 6.05. The van der Waals surface area contributed by atoms with Gasteiger partial charge in [0.2, 0.25) is 5.91 Å². The number of carboxylic acids is 2. The second kappa shape index (κ2) is 7.70. The molecule has 8 heteroatoms. The van der Waals surface area contributed by atoms with Crippen molar-refractivity contribution >= 4 is 17.8 Å². The molecule has 1 amide bonds. The fraction of sp³-hybridized carbons (Fsp3) is 0.727. The van der Waals surface area contributed by atoms with Gasteiger partial charge in [0.05, 0.1) is 19.1 Å². The molecule has 0 saturated carbocycles. The summed E-state index contributed by atoms with van der Waals surface area (Å²) in [5.41, 5.74) is 0. The predicted octanol–water partition coefficient (Wildman–Crippen LogP) is -1.20. The number of hydrogen-bond donors (Lipinski definition) is 4. The summed E-state index contributed by atoms with van der Waals surface area (Å²) >= 11 is 0. The summed E-state index contributed by atoms with van der Waals surface area (Å²) in [5, 5.41) is 22.8. The van der Waals surface area contributed by atoms with Crippen LogP contribution in [-0.2, 0) is 19.1 Å². The van der Waals surface area contributed by atoms with Crippen molar-refractivity contribution in [2.45, 2.75) is 31.4 Å². The number of nitrogens with one attached hydrogen (secondary N) is 2. The summed E-state index contributed by atoms with van der Waals surface area (Å²) in [5.74, 6) is -2.79. The highest BCUT2D eigenvalue weighted by molar-refractivity contribution is 5.84. The number of carbonyl (C=O) groups is 3. The first-order chi connectivity index (χ1) is 8.99. The summed E-state index contributed by atoms with van der Waals surface area (Å²) in [6.45, 7) is 1.79. The number of carbonyl (C=O) groups excluding carboxylic acids is 1. The summed E-state index contributed by atoms with van der Waals surface area (Å²) < 4.78 is 5.32. The molecule has 2 unspecified atom stereocenters. The first-order valence-corrected chi connectivity index (χ1v) is 6.05. The van der Waals surface area contributed by atoms with Crippen LogP contribution in [0.4, 0.5) is 0 Å². The number of carboxylic acid groups (broad SMARTS) is 2. The summed E-state index contributed by atoms with van der Waals surface area (Å²) in [4.78, 5) is 32.9. The minimum Gasteiger partial charge on any atom is -0.481 e. The summed E-state index contributed by atoms with van der Waals surface area (Å²) in [6, 6.07) is -1.18. The van der Waals surface area contributed by atoms with Gasteiger partial charge in [0.1, 0.15) is 6.04 Å². The van der Waals surface area contributed by atoms with Gasteiger partial charge in [0.25, 0.3) is 0 Å². The molecule has 4 N–H and O–H groups in total. The highest BCUT2D eigenvalue weighted by Crippen LogP contribution is 2.03. The third-order valence-corrected chi connectivity index (χ3v) is 2.70. The second-order valence-electron chi connectivity index (χ2n) is 4.29. The molecule has 1 heterocycles. The molecule has 1 fully saturated rings. The van der Waals surface area contributed by atoms with Crippen LogP contribution in [-0.4, -0.2) is 59.9 Å². The quantitative estimate of drug-likeness (QED) is 0.459. The molecule has 8 nitrogen and oxygen atoms in total. The van der Waals surface area contributed by atoms with E-state index in [1.165, 1.54) is 0 Å². The standard InChI is InChI=1S/C11H18N2O6/c14-9(5-7-6-12-3-4-19-7)13-8(11(17)18)1-2-10(15)16/h7-8,12H,1-6H2,(H,13,14)(H,15,16)(H,17,18). The second-order valence-corrected chi connectivity index (χ2v) is 4.29. The lowest BCUT2D eigenvalue weighted by Gasteiger charge is -2.23. The lowest BCUT2D eigenvalue weighted by Crippen LogP contribution is -2.45. The topological polar surface area (TPSA) is 125 Å². The van der Waals surface area contributed by atoms with Gasteiger partial charge < -0.3 is 25.6 Å². The van der Waals surface area contributed by atoms with Crippen LogP contribution in [0, 0.1) is 0 Å². The van der Waals surface area contributed by atoms with Gasteiger partial charge in [-0.1, -0.05) is 0 Å². The third kappa shape index (κ3) is 6.16. The zero-order valence-corrected chi connectivity index (χ0v) is 10.4. The largest absolute Gasteiger partial charge is 0.481 e. The molecule has 0 aromatic rings. The molecule has 1 saturated heterocycles. The van der Waals surface area contributed by atoms with E-state index in [0.717, 1.165) is 6.54 Å². The zero-order chi connectivity index (χ0) is 14.3. The number of morpholine rings is 1. The van der Waals surface area contributed by atoms with Crippen LogP contribution in [0.5, 0.6) is 0 Å². The Balaban J connectivity index is 2.37. The van der Waals surface area contributed by atoms with Crippen molar-refractivity contribution in [1.29, 1.82) is 0 Å². The normalized spacial score (nSPS) is 20.5. The molecule has 0 aromatic carbocycles. The van der Waals surface area contributed by atoms with Crippen LogP contribution in [0.2, 0.25) is 0 Å². The third-order valence-electron chi connectivity index (χ3n) is 2.70. The van der Waals surface area contributed by atoms with Gasteiger partial charge in [-0.25, -0.2) is 4.79 Å². The monoisotopic (exact) mass is 274 g/mol. The smallest absolute Gasteiger partial charge is 0.326 e. The van der Waals surface area contributed by atoms with Crippen LogP contribution in [0.25, 0.3) is 0 Å². The van der Waals surface area contributed by atoms with Gasteiger partial charge in [-0.2, -0.15) is 0 Å². The fourth-order valence-electron chi connectivity index (χ4n) is 1.74. The van der Waals surface area contributed by atoms with Crippen LogP contribution in [0.15, 0.2) is 0 Å². The van der Waals surface area contributed by atoms with E-state index < -0.39 is 23.9 Å². The molecule has 1 rings (SSSR count). The van der Waals surface area contributed by atoms with Crippen molar-refractivity contribution in [3.05, 3.63) is 0 Å². The lowest BCUT2D eigenvalue weighted by molar-refractivity contribution is -0.143. The van der Waals surface area contributed by atoms with E-state index in [2.05, 4.69) is 10.6 Å². The Labute approximate surface area is 110 Å². The number of hydrogen-bond acceptors (Lipinski definition) is 5. The Bertz CT molecular complexity index is 340. The molecule has 0 aliphatic carbocycles. The summed E-state index contributed by atoms with van der Waals surface area (Å²) in [7, 11) is 0. The highest BCUT2D eigenvalue weighted by Gasteiger charge is 2.23. The van der Waals surface area contributed by atoms with Crippen LogP contribution in [0.3, 0.4) is 0 Å².